The minimum atomic E-state index is 0.568. The van der Waals surface area contributed by atoms with Crippen molar-refractivity contribution in [2.24, 2.45) is 5.92 Å². The van der Waals surface area contributed by atoms with Crippen LogP contribution in [0.1, 0.15) is 19.8 Å². The number of benzene rings is 1. The molecule has 1 aliphatic rings. The summed E-state index contributed by atoms with van der Waals surface area (Å²) in [5.41, 5.74) is 3.01. The number of furan rings is 1. The number of nitrogens with one attached hydrogen (secondary N) is 1. The lowest BCUT2D eigenvalue weighted by Crippen LogP contribution is -2.32. The molecule has 0 saturated carbocycles. The summed E-state index contributed by atoms with van der Waals surface area (Å²) in [6.07, 6.45) is 5.90. The van der Waals surface area contributed by atoms with Crippen LogP contribution in [0.25, 0.3) is 11.5 Å². The largest absolute Gasteiger partial charge is 0.463 e. The lowest BCUT2D eigenvalue weighted by Gasteiger charge is -2.32. The van der Waals surface area contributed by atoms with Crippen molar-refractivity contribution in [1.29, 1.82) is 0 Å². The zero-order valence-electron chi connectivity index (χ0n) is 14.4. The van der Waals surface area contributed by atoms with E-state index in [4.69, 9.17) is 4.42 Å². The topological polar surface area (TPSA) is 54.2 Å². The zero-order valence-corrected chi connectivity index (χ0v) is 14.4. The van der Waals surface area contributed by atoms with Crippen molar-refractivity contribution in [2.45, 2.75) is 19.8 Å². The third-order valence-corrected chi connectivity index (χ3v) is 4.68. The monoisotopic (exact) mass is 334 g/mol. The summed E-state index contributed by atoms with van der Waals surface area (Å²) >= 11 is 0. The average Bonchev–Trinajstić information content (AvgIpc) is 3.18. The highest BCUT2D eigenvalue weighted by Crippen LogP contribution is 2.26. The van der Waals surface area contributed by atoms with E-state index in [0.717, 1.165) is 36.1 Å². The molecule has 0 aliphatic carbocycles. The van der Waals surface area contributed by atoms with Gasteiger partial charge in [-0.2, -0.15) is 0 Å². The Morgan fingerprint density at radius 3 is 2.80 bits per heavy atom. The van der Waals surface area contributed by atoms with Crippen molar-refractivity contribution in [1.82, 2.24) is 9.97 Å². The van der Waals surface area contributed by atoms with E-state index in [-0.39, 0.29) is 0 Å². The van der Waals surface area contributed by atoms with Crippen LogP contribution in [0.4, 0.5) is 17.3 Å². The summed E-state index contributed by atoms with van der Waals surface area (Å²) in [4.78, 5) is 11.3. The summed E-state index contributed by atoms with van der Waals surface area (Å²) in [7, 11) is 0. The van der Waals surface area contributed by atoms with E-state index in [9.17, 15) is 0 Å². The van der Waals surface area contributed by atoms with Crippen LogP contribution >= 0.6 is 0 Å². The number of nitrogens with zero attached hydrogens (tertiary/aromatic N) is 3. The van der Waals surface area contributed by atoms with Gasteiger partial charge < -0.3 is 14.6 Å². The van der Waals surface area contributed by atoms with Crippen LogP contribution in [0.2, 0.25) is 0 Å². The summed E-state index contributed by atoms with van der Waals surface area (Å²) in [6, 6.07) is 14.0. The molecule has 0 radical (unpaired) electrons. The van der Waals surface area contributed by atoms with E-state index in [1.54, 1.807) is 12.5 Å². The van der Waals surface area contributed by atoms with Gasteiger partial charge in [-0.1, -0.05) is 13.0 Å². The van der Waals surface area contributed by atoms with Crippen molar-refractivity contribution < 1.29 is 4.42 Å². The Balaban J connectivity index is 1.51. The Morgan fingerprint density at radius 2 is 2.00 bits per heavy atom. The molecule has 1 aromatic carbocycles. The molecule has 0 unspecified atom stereocenters. The predicted octanol–water partition coefficient (Wildman–Crippen LogP) is 4.72. The van der Waals surface area contributed by atoms with Gasteiger partial charge in [-0.05, 0) is 55.2 Å². The highest BCUT2D eigenvalue weighted by Gasteiger charge is 2.16. The number of anilines is 3. The molecule has 1 aliphatic heterocycles. The van der Waals surface area contributed by atoms with Gasteiger partial charge >= 0.3 is 0 Å². The summed E-state index contributed by atoms with van der Waals surface area (Å²) in [6.45, 7) is 4.57. The maximum Gasteiger partial charge on any atom is 0.227 e. The van der Waals surface area contributed by atoms with Gasteiger partial charge in [0.2, 0.25) is 5.95 Å². The molecule has 25 heavy (non-hydrogen) atoms. The first kappa shape index (κ1) is 15.7. The second-order valence-corrected chi connectivity index (χ2v) is 6.59. The first-order valence-electron chi connectivity index (χ1n) is 8.77. The lowest BCUT2D eigenvalue weighted by atomic mass is 9.99. The Hall–Kier alpha value is -2.82. The number of rotatable bonds is 4. The van der Waals surface area contributed by atoms with Gasteiger partial charge in [-0.3, -0.25) is 0 Å². The lowest BCUT2D eigenvalue weighted by molar-refractivity contribution is 0.438. The van der Waals surface area contributed by atoms with Gasteiger partial charge in [0.1, 0.15) is 5.69 Å². The van der Waals surface area contributed by atoms with Crippen LogP contribution in [0.5, 0.6) is 0 Å². The van der Waals surface area contributed by atoms with E-state index in [1.165, 1.54) is 18.5 Å². The highest BCUT2D eigenvalue weighted by molar-refractivity contribution is 5.63. The molecule has 2 aromatic heterocycles. The molecule has 128 valence electrons. The Labute approximate surface area is 147 Å². The zero-order chi connectivity index (χ0) is 17.1. The summed E-state index contributed by atoms with van der Waals surface area (Å²) < 4.78 is 5.41. The third-order valence-electron chi connectivity index (χ3n) is 4.68. The molecule has 3 heterocycles. The molecule has 0 amide bonds. The fourth-order valence-corrected chi connectivity index (χ4v) is 3.16. The second kappa shape index (κ2) is 6.97. The van der Waals surface area contributed by atoms with Gasteiger partial charge in [0.05, 0.1) is 6.26 Å². The van der Waals surface area contributed by atoms with Crippen LogP contribution in [0.15, 0.2) is 59.3 Å². The molecule has 1 saturated heterocycles. The fraction of sp³-hybridized carbons (Fsp3) is 0.300. The second-order valence-electron chi connectivity index (χ2n) is 6.59. The normalized spacial score (nSPS) is 15.3. The van der Waals surface area contributed by atoms with E-state index >= 15 is 0 Å². The summed E-state index contributed by atoms with van der Waals surface area (Å²) in [5, 5.41) is 3.30. The smallest absolute Gasteiger partial charge is 0.227 e. The van der Waals surface area contributed by atoms with Gasteiger partial charge in [0.25, 0.3) is 0 Å². The average molecular weight is 334 g/mol. The molecule has 5 heteroatoms. The molecule has 4 rings (SSSR count). The summed E-state index contributed by atoms with van der Waals surface area (Å²) in [5.74, 6) is 2.13. The number of aromatic nitrogens is 2. The predicted molar refractivity (Wildman–Crippen MR) is 100 cm³/mol. The molecule has 1 fully saturated rings. The van der Waals surface area contributed by atoms with Crippen LogP contribution in [0.3, 0.4) is 0 Å². The molecule has 5 nitrogen and oxygen atoms in total. The SMILES string of the molecule is CC1CCN(c2cccc(Nc3nccc(-c4ccco4)n3)c2)CC1. The van der Waals surface area contributed by atoms with Crippen molar-refractivity contribution in [3.63, 3.8) is 0 Å². The quantitative estimate of drug-likeness (QED) is 0.748. The van der Waals surface area contributed by atoms with Crippen LogP contribution in [-0.4, -0.2) is 23.1 Å². The minimum Gasteiger partial charge on any atom is -0.463 e. The van der Waals surface area contributed by atoms with Crippen LogP contribution in [-0.2, 0) is 0 Å². The first-order chi connectivity index (χ1) is 12.3. The van der Waals surface area contributed by atoms with Crippen molar-refractivity contribution >= 4 is 17.3 Å². The van der Waals surface area contributed by atoms with E-state index in [1.807, 2.05) is 24.3 Å². The van der Waals surface area contributed by atoms with Gasteiger partial charge in [0, 0.05) is 30.7 Å². The van der Waals surface area contributed by atoms with Crippen LogP contribution in [0, 0.1) is 5.92 Å². The Kier molecular flexibility index (Phi) is 4.37. The molecular weight excluding hydrogens is 312 g/mol. The molecular formula is C20H22N4O. The van der Waals surface area contributed by atoms with Crippen LogP contribution < -0.4 is 10.2 Å². The molecule has 1 N–H and O–H groups in total. The standard InChI is InChI=1S/C20H22N4O/c1-15-8-11-24(12-9-15)17-5-2-4-16(14-17)22-20-21-10-7-18(23-20)19-6-3-13-25-19/h2-7,10,13-15H,8-9,11-12H2,1H3,(H,21,22,23). The third kappa shape index (κ3) is 3.65. The molecule has 3 aromatic rings. The van der Waals surface area contributed by atoms with Gasteiger partial charge in [0.15, 0.2) is 5.76 Å². The van der Waals surface area contributed by atoms with Gasteiger partial charge in [-0.25, -0.2) is 9.97 Å². The molecule has 0 atom stereocenters. The fourth-order valence-electron chi connectivity index (χ4n) is 3.16. The first-order valence-corrected chi connectivity index (χ1v) is 8.77. The number of piperidine rings is 1. The van der Waals surface area contributed by atoms with E-state index < -0.39 is 0 Å². The Morgan fingerprint density at radius 1 is 1.12 bits per heavy atom. The number of hydrogen-bond acceptors (Lipinski definition) is 5. The minimum absolute atomic E-state index is 0.568. The maximum atomic E-state index is 5.41. The highest BCUT2D eigenvalue weighted by atomic mass is 16.3. The van der Waals surface area contributed by atoms with Crippen molar-refractivity contribution in [2.75, 3.05) is 23.3 Å². The molecule has 0 spiro atoms. The van der Waals surface area contributed by atoms with E-state index in [0.29, 0.717) is 5.95 Å². The Bertz CT molecular complexity index is 823. The van der Waals surface area contributed by atoms with Crippen molar-refractivity contribution in [3.8, 4) is 11.5 Å². The van der Waals surface area contributed by atoms with Gasteiger partial charge in [-0.15, -0.1) is 0 Å². The maximum absolute atomic E-state index is 5.41. The molecule has 0 bridgehead atoms. The van der Waals surface area contributed by atoms with E-state index in [2.05, 4.69) is 45.3 Å². The van der Waals surface area contributed by atoms with Crippen molar-refractivity contribution in [3.05, 3.63) is 54.9 Å². The number of hydrogen-bond donors (Lipinski definition) is 1.